The van der Waals surface area contributed by atoms with Crippen LogP contribution in [0.1, 0.15) is 38.3 Å². The van der Waals surface area contributed by atoms with Crippen LogP contribution >= 0.6 is 23.3 Å². The lowest BCUT2D eigenvalue weighted by atomic mass is 10.2. The van der Waals surface area contributed by atoms with Gasteiger partial charge in [0.2, 0.25) is 0 Å². The van der Waals surface area contributed by atoms with Crippen LogP contribution in [0.25, 0.3) is 0 Å². The first-order valence-corrected chi connectivity index (χ1v) is 7.78. The first kappa shape index (κ1) is 14.2. The van der Waals surface area contributed by atoms with Crippen LogP contribution in [0.4, 0.5) is 5.82 Å². The van der Waals surface area contributed by atoms with E-state index in [0.29, 0.717) is 5.92 Å². The van der Waals surface area contributed by atoms with E-state index in [1.807, 2.05) is 13.1 Å². The van der Waals surface area contributed by atoms with Crippen LogP contribution in [0.15, 0.2) is 15.4 Å². The van der Waals surface area contributed by atoms with Crippen molar-refractivity contribution in [3.8, 4) is 0 Å². The second kappa shape index (κ2) is 6.29. The number of anilines is 1. The maximum atomic E-state index is 4.56. The Morgan fingerprint density at radius 2 is 2.11 bits per heavy atom. The lowest BCUT2D eigenvalue weighted by Gasteiger charge is -2.08. The second-order valence-corrected chi connectivity index (χ2v) is 6.31. The van der Waals surface area contributed by atoms with Gasteiger partial charge in [-0.3, -0.25) is 0 Å². The number of aryl methyl sites for hydroxylation is 1. The van der Waals surface area contributed by atoms with E-state index in [-0.39, 0.29) is 0 Å². The third-order valence-corrected chi connectivity index (χ3v) is 4.16. The van der Waals surface area contributed by atoms with E-state index in [1.165, 1.54) is 23.3 Å². The summed E-state index contributed by atoms with van der Waals surface area (Å²) >= 11 is 2.96. The van der Waals surface area contributed by atoms with E-state index in [0.717, 1.165) is 33.3 Å². The van der Waals surface area contributed by atoms with Crippen LogP contribution < -0.4 is 5.32 Å². The van der Waals surface area contributed by atoms with Crippen LogP contribution in [-0.4, -0.2) is 26.4 Å². The van der Waals surface area contributed by atoms with Crippen molar-refractivity contribution in [2.75, 3.05) is 12.4 Å². The maximum Gasteiger partial charge on any atom is 0.176 e. The maximum absolute atomic E-state index is 4.56. The molecule has 0 atom stereocenters. The molecule has 0 saturated heterocycles. The summed E-state index contributed by atoms with van der Waals surface area (Å²) in [7, 11) is 1.86. The van der Waals surface area contributed by atoms with Crippen LogP contribution in [-0.2, 0) is 6.42 Å². The van der Waals surface area contributed by atoms with E-state index in [2.05, 4.69) is 45.4 Å². The molecule has 102 valence electrons. The molecule has 0 saturated carbocycles. The van der Waals surface area contributed by atoms with Gasteiger partial charge in [0, 0.05) is 25.5 Å². The van der Waals surface area contributed by atoms with Gasteiger partial charge in [0.05, 0.1) is 0 Å². The summed E-state index contributed by atoms with van der Waals surface area (Å²) in [5.74, 6) is 2.86. The lowest BCUT2D eigenvalue weighted by Crippen LogP contribution is -2.02. The Balaban J connectivity index is 2.25. The number of nitrogens with zero attached hydrogens (tertiary/aromatic N) is 4. The van der Waals surface area contributed by atoms with Gasteiger partial charge in [0.15, 0.2) is 4.34 Å². The first-order valence-electron chi connectivity index (χ1n) is 6.19. The fourth-order valence-electron chi connectivity index (χ4n) is 1.39. The molecule has 2 aromatic rings. The Hall–Kier alpha value is -1.21. The first-order chi connectivity index (χ1) is 9.12. The Kier molecular flexibility index (Phi) is 4.71. The molecule has 2 rings (SSSR count). The van der Waals surface area contributed by atoms with Crippen LogP contribution in [0.5, 0.6) is 0 Å². The van der Waals surface area contributed by atoms with Crippen molar-refractivity contribution in [3.05, 3.63) is 17.7 Å². The van der Waals surface area contributed by atoms with E-state index in [4.69, 9.17) is 0 Å². The molecule has 0 bridgehead atoms. The number of aromatic nitrogens is 4. The predicted molar refractivity (Wildman–Crippen MR) is 79.1 cm³/mol. The molecule has 0 fully saturated rings. The van der Waals surface area contributed by atoms with Gasteiger partial charge in [0.1, 0.15) is 22.5 Å². The van der Waals surface area contributed by atoms with Gasteiger partial charge >= 0.3 is 0 Å². The zero-order valence-electron chi connectivity index (χ0n) is 11.5. The molecule has 0 aliphatic heterocycles. The molecule has 0 amide bonds. The molecule has 2 heterocycles. The smallest absolute Gasteiger partial charge is 0.176 e. The molecule has 5 nitrogen and oxygen atoms in total. The third kappa shape index (κ3) is 3.63. The molecule has 0 aliphatic carbocycles. The van der Waals surface area contributed by atoms with E-state index in [9.17, 15) is 0 Å². The van der Waals surface area contributed by atoms with E-state index < -0.39 is 0 Å². The molecule has 2 aromatic heterocycles. The molecular weight excluding hydrogens is 278 g/mol. The molecule has 7 heteroatoms. The summed E-state index contributed by atoms with van der Waals surface area (Å²) < 4.78 is 5.21. The van der Waals surface area contributed by atoms with Crippen molar-refractivity contribution < 1.29 is 0 Å². The van der Waals surface area contributed by atoms with Crippen molar-refractivity contribution >= 4 is 29.1 Å². The fourth-order valence-corrected chi connectivity index (χ4v) is 3.05. The highest BCUT2D eigenvalue weighted by atomic mass is 32.2. The fraction of sp³-hybridized carbons (Fsp3) is 0.500. The van der Waals surface area contributed by atoms with Crippen LogP contribution in [0.3, 0.4) is 0 Å². The van der Waals surface area contributed by atoms with Gasteiger partial charge in [0.25, 0.3) is 0 Å². The van der Waals surface area contributed by atoms with Crippen molar-refractivity contribution in [2.24, 2.45) is 0 Å². The molecule has 0 aliphatic rings. The third-order valence-electron chi connectivity index (χ3n) is 2.45. The molecule has 19 heavy (non-hydrogen) atoms. The molecule has 0 aromatic carbocycles. The molecule has 0 radical (unpaired) electrons. The molecule has 0 unspecified atom stereocenters. The van der Waals surface area contributed by atoms with Gasteiger partial charge in [-0.15, -0.1) is 0 Å². The average molecular weight is 295 g/mol. The Morgan fingerprint density at radius 1 is 1.32 bits per heavy atom. The molecule has 0 spiro atoms. The van der Waals surface area contributed by atoms with Crippen molar-refractivity contribution in [3.63, 3.8) is 0 Å². The van der Waals surface area contributed by atoms with Crippen molar-refractivity contribution in [1.29, 1.82) is 0 Å². The average Bonchev–Trinajstić information content (AvgIpc) is 2.85. The van der Waals surface area contributed by atoms with Gasteiger partial charge in [-0.1, -0.05) is 20.8 Å². The highest BCUT2D eigenvalue weighted by Crippen LogP contribution is 2.29. The number of hydrogen-bond acceptors (Lipinski definition) is 7. The quantitative estimate of drug-likeness (QED) is 0.855. The van der Waals surface area contributed by atoms with Gasteiger partial charge in [-0.25, -0.2) is 15.0 Å². The zero-order chi connectivity index (χ0) is 13.8. The highest BCUT2D eigenvalue weighted by Gasteiger charge is 2.11. The Labute approximate surface area is 121 Å². The minimum atomic E-state index is 0.299. The van der Waals surface area contributed by atoms with Gasteiger partial charge < -0.3 is 5.32 Å². The van der Waals surface area contributed by atoms with E-state index >= 15 is 0 Å². The van der Waals surface area contributed by atoms with Gasteiger partial charge in [-0.05, 0) is 23.3 Å². The largest absolute Gasteiger partial charge is 0.373 e. The zero-order valence-corrected chi connectivity index (χ0v) is 13.1. The number of hydrogen-bond donors (Lipinski definition) is 1. The van der Waals surface area contributed by atoms with Crippen LogP contribution in [0, 0.1) is 0 Å². The summed E-state index contributed by atoms with van der Waals surface area (Å²) in [4.78, 5) is 13.5. The second-order valence-electron chi connectivity index (χ2n) is 4.29. The van der Waals surface area contributed by atoms with E-state index in [1.54, 1.807) is 0 Å². The Bertz CT molecular complexity index is 553. The van der Waals surface area contributed by atoms with Crippen molar-refractivity contribution in [1.82, 2.24) is 19.3 Å². The lowest BCUT2D eigenvalue weighted by molar-refractivity contribution is 0.755. The molecular formula is C12H17N5S2. The van der Waals surface area contributed by atoms with Gasteiger partial charge in [-0.2, -0.15) is 4.37 Å². The number of nitrogens with one attached hydrogen (secondary N) is 1. The monoisotopic (exact) mass is 295 g/mol. The summed E-state index contributed by atoms with van der Waals surface area (Å²) in [5.41, 5.74) is 0. The summed E-state index contributed by atoms with van der Waals surface area (Å²) in [6.45, 7) is 6.23. The summed E-state index contributed by atoms with van der Waals surface area (Å²) in [5, 5.41) is 3.97. The normalized spacial score (nSPS) is 11.0. The highest BCUT2D eigenvalue weighted by molar-refractivity contribution is 8.00. The SMILES string of the molecule is CCc1nsc(Sc2cc(NC)nc(C(C)C)n2)n1. The minimum Gasteiger partial charge on any atom is -0.373 e. The predicted octanol–water partition coefficient (Wildman–Crippen LogP) is 3.21. The summed E-state index contributed by atoms with van der Waals surface area (Å²) in [6.07, 6.45) is 0.861. The Morgan fingerprint density at radius 3 is 2.68 bits per heavy atom. The topological polar surface area (TPSA) is 63.6 Å². The summed E-state index contributed by atoms with van der Waals surface area (Å²) in [6, 6.07) is 1.93. The number of rotatable bonds is 5. The minimum absolute atomic E-state index is 0.299. The standard InChI is InChI=1S/C12H17N5S2/c1-5-8-15-12(19-17-8)18-10-6-9(13-4)14-11(16-10)7(2)3/h6-7H,5H2,1-4H3,(H,13,14,16). The van der Waals surface area contributed by atoms with Crippen molar-refractivity contribution in [2.45, 2.75) is 42.5 Å². The van der Waals surface area contributed by atoms with Crippen LogP contribution in [0.2, 0.25) is 0 Å². The molecule has 1 N–H and O–H groups in total.